The first kappa shape index (κ1) is 26.6. The maximum atomic E-state index is 13.0. The number of thiophene rings is 1. The summed E-state index contributed by atoms with van der Waals surface area (Å²) >= 11 is 7.80. The zero-order valence-corrected chi connectivity index (χ0v) is 23.4. The molecule has 1 aliphatic rings. The lowest BCUT2D eigenvalue weighted by Gasteiger charge is -2.27. The van der Waals surface area contributed by atoms with Crippen molar-refractivity contribution < 1.29 is 19.0 Å². The lowest BCUT2D eigenvalue weighted by Crippen LogP contribution is -2.21. The Hall–Kier alpha value is -3.99. The maximum absolute atomic E-state index is 13.0. The van der Waals surface area contributed by atoms with Crippen molar-refractivity contribution in [3.05, 3.63) is 98.7 Å². The normalized spacial score (nSPS) is 14.6. The number of esters is 1. The van der Waals surface area contributed by atoms with Crippen LogP contribution in [0.2, 0.25) is 5.02 Å². The standard InChI is InChI=1S/C31H27ClN2O4S/c1-17(2)11-12-36-20-6-4-5-19(14-20)27-22-10-8-21(15-25(22)38-30(34)24(27)16-33)37-31(35)29-28(32)23-9-7-18(3)13-26(23)39-29/h4-10,13-15,17,27H,11-12,34H2,1-3H3. The lowest BCUT2D eigenvalue weighted by molar-refractivity contribution is 0.0740. The second kappa shape index (κ2) is 11.0. The zero-order chi connectivity index (χ0) is 27.7. The molecule has 1 aliphatic heterocycles. The summed E-state index contributed by atoms with van der Waals surface area (Å²) in [5.41, 5.74) is 9.14. The average molecular weight is 559 g/mol. The first-order valence-electron chi connectivity index (χ1n) is 12.6. The third-order valence-corrected chi connectivity index (χ3v) is 8.16. The molecule has 1 aromatic heterocycles. The molecule has 4 aromatic rings. The Bertz CT molecular complexity index is 1650. The SMILES string of the molecule is Cc1ccc2c(Cl)c(C(=O)Oc3ccc4c(c3)OC(N)=C(C#N)C4c3cccc(OCCC(C)C)c3)sc2c1. The molecule has 0 radical (unpaired) electrons. The topological polar surface area (TPSA) is 94.6 Å². The Morgan fingerprint density at radius 2 is 1.97 bits per heavy atom. The van der Waals surface area contributed by atoms with Crippen LogP contribution in [0.1, 0.15) is 52.5 Å². The number of fused-ring (bicyclic) bond motifs is 2. The van der Waals surface area contributed by atoms with E-state index in [2.05, 4.69) is 19.9 Å². The van der Waals surface area contributed by atoms with E-state index in [0.717, 1.165) is 38.9 Å². The Balaban J connectivity index is 1.43. The van der Waals surface area contributed by atoms with Gasteiger partial charge in [0.15, 0.2) is 0 Å². The van der Waals surface area contributed by atoms with Gasteiger partial charge in [-0.05, 0) is 54.7 Å². The predicted octanol–water partition coefficient (Wildman–Crippen LogP) is 7.73. The third-order valence-electron chi connectivity index (χ3n) is 6.53. The number of carbonyl (C=O) groups is 1. The van der Waals surface area contributed by atoms with Crippen LogP contribution in [-0.2, 0) is 0 Å². The van der Waals surface area contributed by atoms with Gasteiger partial charge in [0.2, 0.25) is 5.88 Å². The molecule has 0 saturated heterocycles. The quantitative estimate of drug-likeness (QED) is 0.184. The molecule has 198 valence electrons. The summed E-state index contributed by atoms with van der Waals surface area (Å²) in [4.78, 5) is 13.4. The molecule has 0 aliphatic carbocycles. The molecule has 1 unspecified atom stereocenters. The molecule has 5 rings (SSSR count). The van der Waals surface area contributed by atoms with Crippen molar-refractivity contribution in [1.82, 2.24) is 0 Å². The van der Waals surface area contributed by atoms with Crippen LogP contribution in [-0.4, -0.2) is 12.6 Å². The maximum Gasteiger partial charge on any atom is 0.355 e. The second-order valence-electron chi connectivity index (χ2n) is 9.86. The summed E-state index contributed by atoms with van der Waals surface area (Å²) in [6.07, 6.45) is 0.939. The number of hydrogen-bond acceptors (Lipinski definition) is 7. The minimum atomic E-state index is -0.557. The van der Waals surface area contributed by atoms with E-state index in [1.807, 2.05) is 49.4 Å². The first-order valence-corrected chi connectivity index (χ1v) is 13.8. The van der Waals surface area contributed by atoms with E-state index in [9.17, 15) is 10.1 Å². The second-order valence-corrected chi connectivity index (χ2v) is 11.3. The molecule has 39 heavy (non-hydrogen) atoms. The van der Waals surface area contributed by atoms with E-state index in [1.54, 1.807) is 18.2 Å². The Labute approximate surface area is 236 Å². The van der Waals surface area contributed by atoms with Gasteiger partial charge in [0.05, 0.1) is 17.5 Å². The van der Waals surface area contributed by atoms with Crippen LogP contribution in [0.15, 0.2) is 72.1 Å². The fourth-order valence-corrected chi connectivity index (χ4v) is 5.98. The van der Waals surface area contributed by atoms with Gasteiger partial charge in [-0.2, -0.15) is 5.26 Å². The molecular formula is C31H27ClN2O4S. The summed E-state index contributed by atoms with van der Waals surface area (Å²) in [5.74, 6) is 0.930. The molecule has 0 fully saturated rings. The highest BCUT2D eigenvalue weighted by atomic mass is 35.5. The number of allylic oxidation sites excluding steroid dienone is 1. The molecule has 8 heteroatoms. The molecule has 0 amide bonds. The number of nitriles is 1. The van der Waals surface area contributed by atoms with Crippen LogP contribution in [0.25, 0.3) is 10.1 Å². The number of halogens is 1. The van der Waals surface area contributed by atoms with Crippen LogP contribution >= 0.6 is 22.9 Å². The Morgan fingerprint density at radius 3 is 2.74 bits per heavy atom. The monoisotopic (exact) mass is 558 g/mol. The van der Waals surface area contributed by atoms with Gasteiger partial charge >= 0.3 is 5.97 Å². The van der Waals surface area contributed by atoms with E-state index < -0.39 is 11.9 Å². The van der Waals surface area contributed by atoms with Gasteiger partial charge in [-0.15, -0.1) is 11.3 Å². The molecule has 6 nitrogen and oxygen atoms in total. The van der Waals surface area contributed by atoms with E-state index in [1.165, 1.54) is 11.3 Å². The number of hydrogen-bond donors (Lipinski definition) is 1. The summed E-state index contributed by atoms with van der Waals surface area (Å²) in [5, 5.41) is 11.1. The van der Waals surface area contributed by atoms with E-state index in [4.69, 9.17) is 31.5 Å². The Kier molecular flexibility index (Phi) is 7.51. The van der Waals surface area contributed by atoms with Gasteiger partial charge in [-0.25, -0.2) is 4.79 Å². The summed E-state index contributed by atoms with van der Waals surface area (Å²) in [6, 6.07) is 20.8. The van der Waals surface area contributed by atoms with Crippen molar-refractivity contribution >= 4 is 39.0 Å². The van der Waals surface area contributed by atoms with Crippen molar-refractivity contribution in [2.24, 2.45) is 11.7 Å². The zero-order valence-electron chi connectivity index (χ0n) is 21.8. The van der Waals surface area contributed by atoms with E-state index in [-0.39, 0.29) is 11.6 Å². The molecule has 0 spiro atoms. The summed E-state index contributed by atoms with van der Waals surface area (Å²) in [7, 11) is 0. The Morgan fingerprint density at radius 1 is 1.15 bits per heavy atom. The molecule has 2 N–H and O–H groups in total. The van der Waals surface area contributed by atoms with Crippen LogP contribution in [0.3, 0.4) is 0 Å². The van der Waals surface area contributed by atoms with Crippen LogP contribution in [0.5, 0.6) is 17.2 Å². The lowest BCUT2D eigenvalue weighted by atomic mass is 9.83. The van der Waals surface area contributed by atoms with Crippen molar-refractivity contribution in [3.8, 4) is 23.3 Å². The fourth-order valence-electron chi connectivity index (χ4n) is 4.50. The molecule has 1 atom stereocenters. The third kappa shape index (κ3) is 5.44. The number of nitrogens with zero attached hydrogens (tertiary/aromatic N) is 1. The van der Waals surface area contributed by atoms with Gasteiger partial charge in [0, 0.05) is 21.7 Å². The van der Waals surface area contributed by atoms with Crippen LogP contribution in [0.4, 0.5) is 0 Å². The molecule has 3 aromatic carbocycles. The minimum absolute atomic E-state index is 0.00697. The molecule has 0 bridgehead atoms. The number of benzene rings is 3. The van der Waals surface area contributed by atoms with Crippen LogP contribution < -0.4 is 19.9 Å². The average Bonchev–Trinajstić information content (AvgIpc) is 3.23. The van der Waals surface area contributed by atoms with E-state index in [0.29, 0.717) is 33.7 Å². The van der Waals surface area contributed by atoms with Crippen molar-refractivity contribution in [3.63, 3.8) is 0 Å². The first-order chi connectivity index (χ1) is 18.7. The highest BCUT2D eigenvalue weighted by molar-refractivity contribution is 7.21. The number of nitrogens with two attached hydrogens (primary N) is 1. The smallest absolute Gasteiger partial charge is 0.355 e. The van der Waals surface area contributed by atoms with Gasteiger partial charge in [0.25, 0.3) is 0 Å². The number of carbonyl (C=O) groups excluding carboxylic acids is 1. The van der Waals surface area contributed by atoms with Crippen molar-refractivity contribution in [1.29, 1.82) is 5.26 Å². The van der Waals surface area contributed by atoms with Crippen LogP contribution in [0, 0.1) is 24.2 Å². The summed E-state index contributed by atoms with van der Waals surface area (Å²) < 4.78 is 18.4. The van der Waals surface area contributed by atoms with Gasteiger partial charge < -0.3 is 19.9 Å². The van der Waals surface area contributed by atoms with Crippen molar-refractivity contribution in [2.75, 3.05) is 6.61 Å². The number of ether oxygens (including phenoxy) is 3. The largest absolute Gasteiger partial charge is 0.494 e. The number of aryl methyl sites for hydroxylation is 1. The molecule has 2 heterocycles. The van der Waals surface area contributed by atoms with E-state index >= 15 is 0 Å². The fraction of sp³-hybridized carbons (Fsp3) is 0.226. The molecule has 0 saturated carbocycles. The van der Waals surface area contributed by atoms with Crippen molar-refractivity contribution in [2.45, 2.75) is 33.1 Å². The molecular weight excluding hydrogens is 532 g/mol. The van der Waals surface area contributed by atoms with Gasteiger partial charge in [-0.1, -0.05) is 55.8 Å². The van der Waals surface area contributed by atoms with Gasteiger partial charge in [-0.3, -0.25) is 0 Å². The van der Waals surface area contributed by atoms with Gasteiger partial charge in [0.1, 0.15) is 33.8 Å². The number of rotatable bonds is 7. The predicted molar refractivity (Wildman–Crippen MR) is 154 cm³/mol. The highest BCUT2D eigenvalue weighted by Crippen LogP contribution is 2.44. The minimum Gasteiger partial charge on any atom is -0.494 e. The summed E-state index contributed by atoms with van der Waals surface area (Å²) in [6.45, 7) is 6.89. The highest BCUT2D eigenvalue weighted by Gasteiger charge is 2.31.